The van der Waals surface area contributed by atoms with E-state index in [-0.39, 0.29) is 30.0 Å². The van der Waals surface area contributed by atoms with E-state index < -0.39 is 11.9 Å². The van der Waals surface area contributed by atoms with Crippen LogP contribution in [0.2, 0.25) is 0 Å². The van der Waals surface area contributed by atoms with Gasteiger partial charge in [0.2, 0.25) is 0 Å². The SMILES string of the molecule is CCOC(=O)/C(C#N)=C\c1ccc(NC(=O)c2ccc(=O)n(CCOC)n2)cc1. The number of aromatic nitrogens is 2. The summed E-state index contributed by atoms with van der Waals surface area (Å²) in [6, 6.07) is 10.9. The summed E-state index contributed by atoms with van der Waals surface area (Å²) in [5.74, 6) is -1.18. The Hall–Kier alpha value is -3.77. The first-order valence-electron chi connectivity index (χ1n) is 8.76. The number of hydrogen-bond acceptors (Lipinski definition) is 7. The van der Waals surface area contributed by atoms with E-state index in [0.717, 1.165) is 4.68 Å². The highest BCUT2D eigenvalue weighted by Gasteiger charge is 2.11. The molecule has 1 amide bonds. The minimum absolute atomic E-state index is 0.0822. The lowest BCUT2D eigenvalue weighted by Crippen LogP contribution is -2.27. The minimum atomic E-state index is -0.693. The van der Waals surface area contributed by atoms with Crippen LogP contribution < -0.4 is 10.9 Å². The molecule has 9 heteroatoms. The molecule has 0 fully saturated rings. The van der Waals surface area contributed by atoms with Crippen LogP contribution in [0.15, 0.2) is 46.8 Å². The van der Waals surface area contributed by atoms with Crippen LogP contribution in [0.5, 0.6) is 0 Å². The van der Waals surface area contributed by atoms with Crippen molar-refractivity contribution >= 4 is 23.6 Å². The molecule has 0 saturated heterocycles. The van der Waals surface area contributed by atoms with E-state index in [2.05, 4.69) is 10.4 Å². The van der Waals surface area contributed by atoms with Crippen molar-refractivity contribution in [3.63, 3.8) is 0 Å². The Morgan fingerprint density at radius 1 is 1.24 bits per heavy atom. The van der Waals surface area contributed by atoms with E-state index in [9.17, 15) is 14.4 Å². The number of ether oxygens (including phenoxy) is 2. The monoisotopic (exact) mass is 396 g/mol. The summed E-state index contributed by atoms with van der Waals surface area (Å²) in [7, 11) is 1.51. The molecule has 1 aromatic carbocycles. The number of rotatable bonds is 8. The highest BCUT2D eigenvalue weighted by atomic mass is 16.5. The molecule has 29 heavy (non-hydrogen) atoms. The van der Waals surface area contributed by atoms with Crippen molar-refractivity contribution in [1.29, 1.82) is 5.26 Å². The van der Waals surface area contributed by atoms with Gasteiger partial charge in [0.25, 0.3) is 11.5 Å². The number of nitrogens with one attached hydrogen (secondary N) is 1. The van der Waals surface area contributed by atoms with Crippen LogP contribution in [0.4, 0.5) is 5.69 Å². The molecule has 150 valence electrons. The van der Waals surface area contributed by atoms with Crippen molar-refractivity contribution < 1.29 is 19.1 Å². The first-order valence-corrected chi connectivity index (χ1v) is 8.76. The van der Waals surface area contributed by atoms with Crippen molar-refractivity contribution in [2.75, 3.05) is 25.6 Å². The van der Waals surface area contributed by atoms with Gasteiger partial charge < -0.3 is 14.8 Å². The Bertz CT molecular complexity index is 1000. The average Bonchev–Trinajstić information content (AvgIpc) is 2.72. The van der Waals surface area contributed by atoms with Crippen LogP contribution >= 0.6 is 0 Å². The van der Waals surface area contributed by atoms with E-state index in [0.29, 0.717) is 17.9 Å². The Balaban J connectivity index is 2.11. The summed E-state index contributed by atoms with van der Waals surface area (Å²) in [5, 5.41) is 15.8. The number of amides is 1. The maximum Gasteiger partial charge on any atom is 0.348 e. The molecule has 0 unspecified atom stereocenters. The van der Waals surface area contributed by atoms with Gasteiger partial charge in [-0.1, -0.05) is 12.1 Å². The zero-order valence-corrected chi connectivity index (χ0v) is 16.0. The lowest BCUT2D eigenvalue weighted by molar-refractivity contribution is -0.137. The van der Waals surface area contributed by atoms with E-state index in [4.69, 9.17) is 14.7 Å². The normalized spacial score (nSPS) is 10.9. The third-order valence-corrected chi connectivity index (χ3v) is 3.70. The standard InChI is InChI=1S/C20H20N4O5/c1-3-29-20(27)15(13-21)12-14-4-6-16(7-5-14)22-19(26)17-8-9-18(25)24(23-17)10-11-28-2/h4-9,12H,3,10-11H2,1-2H3,(H,22,26)/b15-12-. The van der Waals surface area contributed by atoms with E-state index in [1.165, 1.54) is 25.3 Å². The van der Waals surface area contributed by atoms with E-state index in [1.807, 2.05) is 0 Å². The first kappa shape index (κ1) is 21.5. The fraction of sp³-hybridized carbons (Fsp3) is 0.250. The Morgan fingerprint density at radius 3 is 2.59 bits per heavy atom. The van der Waals surface area contributed by atoms with Gasteiger partial charge in [0, 0.05) is 18.9 Å². The van der Waals surface area contributed by atoms with Gasteiger partial charge in [0.15, 0.2) is 0 Å². The summed E-state index contributed by atoms with van der Waals surface area (Å²) in [4.78, 5) is 35.8. The van der Waals surface area contributed by atoms with Gasteiger partial charge in [-0.25, -0.2) is 9.48 Å². The van der Waals surface area contributed by atoms with Crippen molar-refractivity contribution in [2.45, 2.75) is 13.5 Å². The van der Waals surface area contributed by atoms with Crippen LogP contribution in [-0.4, -0.2) is 42.0 Å². The Morgan fingerprint density at radius 2 is 1.97 bits per heavy atom. The smallest absolute Gasteiger partial charge is 0.348 e. The average molecular weight is 396 g/mol. The number of hydrogen-bond donors (Lipinski definition) is 1. The molecule has 1 aromatic heterocycles. The number of nitriles is 1. The Kier molecular flexibility index (Phi) is 7.82. The predicted octanol–water partition coefficient (Wildman–Crippen LogP) is 1.61. The molecule has 1 N–H and O–H groups in total. The van der Waals surface area contributed by atoms with Gasteiger partial charge in [0.05, 0.1) is 19.8 Å². The quantitative estimate of drug-likeness (QED) is 0.408. The second-order valence-corrected chi connectivity index (χ2v) is 5.74. The third-order valence-electron chi connectivity index (χ3n) is 3.70. The molecule has 9 nitrogen and oxygen atoms in total. The lowest BCUT2D eigenvalue weighted by atomic mass is 10.1. The number of carbonyl (C=O) groups excluding carboxylic acids is 2. The van der Waals surface area contributed by atoms with Crippen LogP contribution in [0.3, 0.4) is 0 Å². The second kappa shape index (κ2) is 10.5. The number of methoxy groups -OCH3 is 1. The topological polar surface area (TPSA) is 123 Å². The van der Waals surface area contributed by atoms with Gasteiger partial charge in [-0.3, -0.25) is 9.59 Å². The number of anilines is 1. The van der Waals surface area contributed by atoms with Gasteiger partial charge in [-0.15, -0.1) is 0 Å². The molecule has 0 bridgehead atoms. The molecule has 0 atom stereocenters. The molecule has 0 aliphatic rings. The van der Waals surface area contributed by atoms with Crippen LogP contribution in [0, 0.1) is 11.3 Å². The summed E-state index contributed by atoms with van der Waals surface area (Å²) < 4.78 is 10.9. The fourth-order valence-corrected chi connectivity index (χ4v) is 2.28. The molecule has 2 aromatic rings. The number of nitrogens with zero attached hydrogens (tertiary/aromatic N) is 3. The van der Waals surface area contributed by atoms with Crippen molar-refractivity contribution in [2.24, 2.45) is 0 Å². The largest absolute Gasteiger partial charge is 0.462 e. The molecule has 0 spiro atoms. The van der Waals surface area contributed by atoms with Crippen LogP contribution in [0.1, 0.15) is 23.0 Å². The molecule has 0 aliphatic heterocycles. The zero-order valence-electron chi connectivity index (χ0n) is 16.0. The van der Waals surface area contributed by atoms with E-state index in [1.54, 1.807) is 37.3 Å². The summed E-state index contributed by atoms with van der Waals surface area (Å²) >= 11 is 0. The van der Waals surface area contributed by atoms with E-state index >= 15 is 0 Å². The molecule has 0 aliphatic carbocycles. The molecule has 0 radical (unpaired) electrons. The van der Waals surface area contributed by atoms with Gasteiger partial charge in [-0.2, -0.15) is 10.4 Å². The molecule has 2 rings (SSSR count). The molecular weight excluding hydrogens is 376 g/mol. The van der Waals surface area contributed by atoms with Gasteiger partial charge in [-0.05, 0) is 36.8 Å². The van der Waals surface area contributed by atoms with Crippen LogP contribution in [0.25, 0.3) is 6.08 Å². The first-order chi connectivity index (χ1) is 14.0. The number of carbonyl (C=O) groups is 2. The zero-order chi connectivity index (χ0) is 21.2. The van der Waals surface area contributed by atoms with Gasteiger partial charge >= 0.3 is 5.97 Å². The summed E-state index contributed by atoms with van der Waals surface area (Å²) in [5.41, 5.74) is 0.714. The lowest BCUT2D eigenvalue weighted by Gasteiger charge is -2.08. The van der Waals surface area contributed by atoms with Crippen molar-refractivity contribution in [3.05, 3.63) is 63.6 Å². The van der Waals surface area contributed by atoms with Crippen LogP contribution in [-0.2, 0) is 20.8 Å². The van der Waals surface area contributed by atoms with Crippen molar-refractivity contribution in [1.82, 2.24) is 9.78 Å². The molecule has 1 heterocycles. The fourth-order valence-electron chi connectivity index (χ4n) is 2.28. The highest BCUT2D eigenvalue weighted by Crippen LogP contribution is 2.14. The predicted molar refractivity (Wildman–Crippen MR) is 105 cm³/mol. The highest BCUT2D eigenvalue weighted by molar-refractivity contribution is 6.02. The maximum absolute atomic E-state index is 12.4. The summed E-state index contributed by atoms with van der Waals surface area (Å²) in [6.07, 6.45) is 1.40. The number of benzene rings is 1. The maximum atomic E-state index is 12.4. The second-order valence-electron chi connectivity index (χ2n) is 5.74. The molecule has 0 saturated carbocycles. The summed E-state index contributed by atoms with van der Waals surface area (Å²) in [6.45, 7) is 2.36. The molecular formula is C20H20N4O5. The Labute approximate surface area is 167 Å². The number of esters is 1. The van der Waals surface area contributed by atoms with Gasteiger partial charge in [0.1, 0.15) is 17.3 Å². The minimum Gasteiger partial charge on any atom is -0.462 e. The van der Waals surface area contributed by atoms with Crippen molar-refractivity contribution in [3.8, 4) is 6.07 Å². The third kappa shape index (κ3) is 6.12.